The quantitative estimate of drug-likeness (QED) is 0.824. The van der Waals surface area contributed by atoms with E-state index >= 15 is 0 Å². The molecule has 5 heteroatoms. The number of anilines is 2. The van der Waals surface area contributed by atoms with E-state index < -0.39 is 0 Å². The van der Waals surface area contributed by atoms with E-state index in [0.717, 1.165) is 23.8 Å². The maximum absolute atomic E-state index is 4.49. The second-order valence-electron chi connectivity index (χ2n) is 3.64. The smallest absolute Gasteiger partial charge is 0.149 e. The molecule has 1 atom stereocenters. The molecule has 1 rings (SSSR count). The Labute approximate surface area is 102 Å². The third-order valence-corrected chi connectivity index (χ3v) is 3.34. The molecule has 1 N–H and O–H groups in total. The summed E-state index contributed by atoms with van der Waals surface area (Å²) >= 11 is 1.86. The highest BCUT2D eigenvalue weighted by Crippen LogP contribution is 2.17. The topological polar surface area (TPSA) is 41.1 Å². The maximum atomic E-state index is 4.49. The van der Waals surface area contributed by atoms with E-state index in [-0.39, 0.29) is 0 Å². The van der Waals surface area contributed by atoms with Gasteiger partial charge in [0.1, 0.15) is 11.6 Å². The van der Waals surface area contributed by atoms with Crippen LogP contribution in [0.15, 0.2) is 12.4 Å². The van der Waals surface area contributed by atoms with Crippen LogP contribution in [-0.4, -0.2) is 42.1 Å². The normalized spacial score (nSPS) is 12.2. The molecule has 4 nitrogen and oxygen atoms in total. The van der Waals surface area contributed by atoms with E-state index in [1.807, 2.05) is 25.0 Å². The number of nitrogens with zero attached hydrogens (tertiary/aromatic N) is 3. The first-order valence-electron chi connectivity index (χ1n) is 5.44. The highest BCUT2D eigenvalue weighted by Gasteiger charge is 2.14. The van der Waals surface area contributed by atoms with Gasteiger partial charge in [-0.3, -0.25) is 4.98 Å². The van der Waals surface area contributed by atoms with Crippen LogP contribution in [0.1, 0.15) is 13.3 Å². The predicted molar refractivity (Wildman–Crippen MR) is 72.4 cm³/mol. The van der Waals surface area contributed by atoms with Crippen molar-refractivity contribution in [3.8, 4) is 0 Å². The number of thioether (sulfide) groups is 1. The lowest BCUT2D eigenvalue weighted by molar-refractivity contribution is 0.665. The molecular formula is C11H20N4S. The van der Waals surface area contributed by atoms with E-state index in [2.05, 4.69) is 40.4 Å². The highest BCUT2D eigenvalue weighted by molar-refractivity contribution is 7.98. The predicted octanol–water partition coefficient (Wildman–Crippen LogP) is 2.10. The zero-order valence-corrected chi connectivity index (χ0v) is 11.2. The zero-order chi connectivity index (χ0) is 12.0. The minimum atomic E-state index is 0.511. The van der Waals surface area contributed by atoms with Crippen LogP contribution < -0.4 is 10.2 Å². The fourth-order valence-corrected chi connectivity index (χ4v) is 2.37. The lowest BCUT2D eigenvalue weighted by atomic mass is 10.2. The van der Waals surface area contributed by atoms with Crippen LogP contribution >= 0.6 is 11.8 Å². The fourth-order valence-electron chi connectivity index (χ4n) is 1.53. The van der Waals surface area contributed by atoms with Gasteiger partial charge in [-0.1, -0.05) is 6.92 Å². The molecule has 0 bridgehead atoms. The second-order valence-corrected chi connectivity index (χ2v) is 4.55. The molecule has 0 saturated heterocycles. The molecule has 0 radical (unpaired) electrons. The molecule has 16 heavy (non-hydrogen) atoms. The van der Waals surface area contributed by atoms with Crippen LogP contribution in [0.2, 0.25) is 0 Å². The summed E-state index contributed by atoms with van der Waals surface area (Å²) in [6.07, 6.45) is 6.78. The van der Waals surface area contributed by atoms with E-state index in [9.17, 15) is 0 Å². The lowest BCUT2D eigenvalue weighted by Crippen LogP contribution is -2.33. The number of hydrogen-bond acceptors (Lipinski definition) is 5. The summed E-state index contributed by atoms with van der Waals surface area (Å²) in [5.41, 5.74) is 0. The van der Waals surface area contributed by atoms with Crippen molar-refractivity contribution in [2.24, 2.45) is 0 Å². The first-order chi connectivity index (χ1) is 7.72. The molecule has 1 unspecified atom stereocenters. The monoisotopic (exact) mass is 240 g/mol. The first-order valence-corrected chi connectivity index (χ1v) is 6.83. The van der Waals surface area contributed by atoms with Crippen LogP contribution in [0.4, 0.5) is 11.6 Å². The van der Waals surface area contributed by atoms with Gasteiger partial charge in [-0.15, -0.1) is 0 Å². The third-order valence-electron chi connectivity index (χ3n) is 2.62. The first kappa shape index (κ1) is 13.1. The van der Waals surface area contributed by atoms with Crippen molar-refractivity contribution in [3.63, 3.8) is 0 Å². The standard InChI is InChI=1S/C11H20N4S/c1-5-9(8-16-4)15(3)11-7-13-6-10(12-2)14-11/h6-7,9H,5,8H2,1-4H3,(H,12,14). The molecule has 0 aliphatic carbocycles. The van der Waals surface area contributed by atoms with Gasteiger partial charge >= 0.3 is 0 Å². The minimum Gasteiger partial charge on any atom is -0.372 e. The van der Waals surface area contributed by atoms with Crippen molar-refractivity contribution < 1.29 is 0 Å². The Morgan fingerprint density at radius 2 is 2.25 bits per heavy atom. The number of nitrogens with one attached hydrogen (secondary N) is 1. The van der Waals surface area contributed by atoms with Gasteiger partial charge in [0.05, 0.1) is 12.4 Å². The Kier molecular flexibility index (Phi) is 5.38. The number of aromatic nitrogens is 2. The largest absolute Gasteiger partial charge is 0.372 e. The minimum absolute atomic E-state index is 0.511. The summed E-state index contributed by atoms with van der Waals surface area (Å²) in [6.45, 7) is 2.20. The SMILES string of the molecule is CCC(CSC)N(C)c1cncc(NC)n1. The molecule has 1 aromatic rings. The Hall–Kier alpha value is -0.970. The Morgan fingerprint density at radius 3 is 2.81 bits per heavy atom. The van der Waals surface area contributed by atoms with Crippen LogP contribution in [0.3, 0.4) is 0 Å². The molecule has 0 aliphatic rings. The number of rotatable bonds is 6. The van der Waals surface area contributed by atoms with Crippen molar-refractivity contribution in [1.82, 2.24) is 9.97 Å². The third kappa shape index (κ3) is 3.27. The van der Waals surface area contributed by atoms with Crippen molar-refractivity contribution in [1.29, 1.82) is 0 Å². The van der Waals surface area contributed by atoms with E-state index in [4.69, 9.17) is 0 Å². The highest BCUT2D eigenvalue weighted by atomic mass is 32.2. The fraction of sp³-hybridized carbons (Fsp3) is 0.636. The maximum Gasteiger partial charge on any atom is 0.149 e. The Morgan fingerprint density at radius 1 is 1.50 bits per heavy atom. The van der Waals surface area contributed by atoms with Crippen LogP contribution in [0.5, 0.6) is 0 Å². The van der Waals surface area contributed by atoms with E-state index in [1.165, 1.54) is 0 Å². The zero-order valence-electron chi connectivity index (χ0n) is 10.4. The summed E-state index contributed by atoms with van der Waals surface area (Å²) in [4.78, 5) is 10.9. The summed E-state index contributed by atoms with van der Waals surface area (Å²) in [7, 11) is 3.93. The Balaban J connectivity index is 2.80. The molecule has 0 aromatic carbocycles. The van der Waals surface area contributed by atoms with Gasteiger partial charge in [0.15, 0.2) is 0 Å². The van der Waals surface area contributed by atoms with Gasteiger partial charge in [-0.2, -0.15) is 11.8 Å². The molecule has 1 aromatic heterocycles. The van der Waals surface area contributed by atoms with Crippen molar-refractivity contribution >= 4 is 23.4 Å². The molecule has 0 fully saturated rings. The molecular weight excluding hydrogens is 220 g/mol. The van der Waals surface area contributed by atoms with E-state index in [0.29, 0.717) is 6.04 Å². The molecule has 1 heterocycles. The summed E-state index contributed by atoms with van der Waals surface area (Å²) in [5.74, 6) is 2.84. The van der Waals surface area contributed by atoms with Crippen LogP contribution in [0.25, 0.3) is 0 Å². The van der Waals surface area contributed by atoms with Gasteiger partial charge in [0.2, 0.25) is 0 Å². The van der Waals surface area contributed by atoms with Crippen molar-refractivity contribution in [2.45, 2.75) is 19.4 Å². The average molecular weight is 240 g/mol. The van der Waals surface area contributed by atoms with Gasteiger partial charge in [0, 0.05) is 25.9 Å². The van der Waals surface area contributed by atoms with Gasteiger partial charge in [-0.25, -0.2) is 4.98 Å². The van der Waals surface area contributed by atoms with Gasteiger partial charge < -0.3 is 10.2 Å². The summed E-state index contributed by atoms with van der Waals surface area (Å²) < 4.78 is 0. The summed E-state index contributed by atoms with van der Waals surface area (Å²) in [6, 6.07) is 0.511. The van der Waals surface area contributed by atoms with Crippen LogP contribution in [0, 0.1) is 0 Å². The average Bonchev–Trinajstić information content (AvgIpc) is 2.35. The second kappa shape index (κ2) is 6.58. The van der Waals surface area contributed by atoms with Gasteiger partial charge in [-0.05, 0) is 12.7 Å². The van der Waals surface area contributed by atoms with Crippen molar-refractivity contribution in [2.75, 3.05) is 36.3 Å². The number of hydrogen-bond donors (Lipinski definition) is 1. The molecule has 0 aliphatic heterocycles. The molecule has 90 valence electrons. The Bertz CT molecular complexity index is 319. The lowest BCUT2D eigenvalue weighted by Gasteiger charge is -2.27. The van der Waals surface area contributed by atoms with Gasteiger partial charge in [0.25, 0.3) is 0 Å². The summed E-state index contributed by atoms with van der Waals surface area (Å²) in [5, 5.41) is 3.01. The molecule has 0 saturated carbocycles. The van der Waals surface area contributed by atoms with Crippen LogP contribution in [-0.2, 0) is 0 Å². The van der Waals surface area contributed by atoms with Crippen molar-refractivity contribution in [3.05, 3.63) is 12.4 Å². The molecule has 0 spiro atoms. The van der Waals surface area contributed by atoms with E-state index in [1.54, 1.807) is 6.20 Å². The molecule has 0 amide bonds.